The molecular formula is C12H21NO2. The average Bonchev–Trinajstić information content (AvgIpc) is 2.15. The van der Waals surface area contributed by atoms with Gasteiger partial charge in [-0.1, -0.05) is 13.3 Å². The molecule has 0 aromatic heterocycles. The second-order valence-corrected chi connectivity index (χ2v) is 5.01. The van der Waals surface area contributed by atoms with Crippen LogP contribution in [-0.4, -0.2) is 37.1 Å². The van der Waals surface area contributed by atoms with E-state index < -0.39 is 0 Å². The Kier molecular flexibility index (Phi) is 3.01. The fourth-order valence-electron chi connectivity index (χ4n) is 2.76. The number of nitrogens with zero attached hydrogens (tertiary/aromatic N) is 1. The molecule has 2 rings (SSSR count). The lowest BCUT2D eigenvalue weighted by molar-refractivity contribution is -0.154. The van der Waals surface area contributed by atoms with Gasteiger partial charge in [0, 0.05) is 13.1 Å². The summed E-state index contributed by atoms with van der Waals surface area (Å²) < 4.78 is 4.80. The van der Waals surface area contributed by atoms with Crippen molar-refractivity contribution < 1.29 is 9.53 Å². The molecule has 2 fully saturated rings. The Balaban J connectivity index is 1.87. The molecule has 86 valence electrons. The molecule has 1 aliphatic carbocycles. The molecule has 0 aromatic carbocycles. The van der Waals surface area contributed by atoms with Crippen LogP contribution in [0.4, 0.5) is 0 Å². The number of esters is 1. The molecule has 1 aliphatic heterocycles. The lowest BCUT2D eigenvalue weighted by Crippen LogP contribution is -2.57. The van der Waals surface area contributed by atoms with Crippen LogP contribution in [0.2, 0.25) is 0 Å². The van der Waals surface area contributed by atoms with Gasteiger partial charge in [-0.15, -0.1) is 0 Å². The van der Waals surface area contributed by atoms with Gasteiger partial charge < -0.3 is 4.74 Å². The van der Waals surface area contributed by atoms with Crippen LogP contribution >= 0.6 is 0 Å². The molecule has 1 heterocycles. The first-order valence-electron chi connectivity index (χ1n) is 6.03. The van der Waals surface area contributed by atoms with Gasteiger partial charge in [-0.25, -0.2) is 0 Å². The van der Waals surface area contributed by atoms with Crippen LogP contribution in [0.15, 0.2) is 0 Å². The minimum absolute atomic E-state index is 0.0492. The highest BCUT2D eigenvalue weighted by atomic mass is 16.5. The number of hydrogen-bond donors (Lipinski definition) is 0. The highest BCUT2D eigenvalue weighted by molar-refractivity contribution is 5.76. The maximum absolute atomic E-state index is 11.4. The Labute approximate surface area is 91.8 Å². The van der Waals surface area contributed by atoms with Crippen LogP contribution in [-0.2, 0) is 9.53 Å². The quantitative estimate of drug-likeness (QED) is 0.664. The Morgan fingerprint density at radius 2 is 2.27 bits per heavy atom. The number of carbonyl (C=O) groups is 1. The van der Waals surface area contributed by atoms with Gasteiger partial charge >= 0.3 is 5.97 Å². The monoisotopic (exact) mass is 211 g/mol. The zero-order valence-corrected chi connectivity index (χ0v) is 9.79. The number of methoxy groups -OCH3 is 1. The third-order valence-corrected chi connectivity index (χ3v) is 4.31. The van der Waals surface area contributed by atoms with E-state index in [2.05, 4.69) is 11.8 Å². The van der Waals surface area contributed by atoms with Crippen molar-refractivity contribution >= 4 is 5.97 Å². The topological polar surface area (TPSA) is 29.5 Å². The standard InChI is InChI=1S/C12H21NO2/c1-3-12(6-4-7-12)9-13-8-5-10(13)11(14)15-2/h10H,3-9H2,1-2H3. The number of carbonyl (C=O) groups excluding carboxylic acids is 1. The molecule has 2 aliphatic rings. The third kappa shape index (κ3) is 1.89. The summed E-state index contributed by atoms with van der Waals surface area (Å²) in [5.41, 5.74) is 0.521. The van der Waals surface area contributed by atoms with E-state index in [1.165, 1.54) is 32.8 Å². The normalized spacial score (nSPS) is 29.1. The molecule has 0 amide bonds. The third-order valence-electron chi connectivity index (χ3n) is 4.31. The molecule has 0 aromatic rings. The summed E-state index contributed by atoms with van der Waals surface area (Å²) >= 11 is 0. The average molecular weight is 211 g/mol. The number of likely N-dealkylation sites (tertiary alicyclic amines) is 1. The number of rotatable bonds is 4. The molecule has 0 radical (unpaired) electrons. The maximum Gasteiger partial charge on any atom is 0.323 e. The largest absolute Gasteiger partial charge is 0.468 e. The first-order chi connectivity index (χ1) is 7.21. The highest BCUT2D eigenvalue weighted by Crippen LogP contribution is 2.45. The molecule has 0 N–H and O–H groups in total. The Hall–Kier alpha value is -0.570. The summed E-state index contributed by atoms with van der Waals surface area (Å²) in [6.07, 6.45) is 6.27. The van der Waals surface area contributed by atoms with Crippen molar-refractivity contribution in [3.8, 4) is 0 Å². The Morgan fingerprint density at radius 3 is 2.60 bits per heavy atom. The SMILES string of the molecule is CCC1(CN2CCC2C(=O)OC)CCC1. The van der Waals surface area contributed by atoms with Crippen molar-refractivity contribution in [2.45, 2.75) is 45.1 Å². The summed E-state index contributed by atoms with van der Waals surface area (Å²) in [4.78, 5) is 13.7. The van der Waals surface area contributed by atoms with Gasteiger partial charge in [0.15, 0.2) is 0 Å². The summed E-state index contributed by atoms with van der Waals surface area (Å²) in [5.74, 6) is -0.0492. The summed E-state index contributed by atoms with van der Waals surface area (Å²) in [7, 11) is 1.48. The molecule has 1 atom stereocenters. The van der Waals surface area contributed by atoms with Crippen LogP contribution in [0.1, 0.15) is 39.0 Å². The van der Waals surface area contributed by atoms with Gasteiger partial charge in [-0.2, -0.15) is 0 Å². The first-order valence-corrected chi connectivity index (χ1v) is 6.03. The minimum Gasteiger partial charge on any atom is -0.468 e. The lowest BCUT2D eigenvalue weighted by atomic mass is 9.66. The first kappa shape index (κ1) is 10.9. The predicted molar refractivity (Wildman–Crippen MR) is 58.6 cm³/mol. The molecule has 1 saturated heterocycles. The molecule has 0 bridgehead atoms. The van der Waals surface area contributed by atoms with Gasteiger partial charge in [-0.05, 0) is 31.1 Å². The van der Waals surface area contributed by atoms with E-state index in [1.54, 1.807) is 0 Å². The Morgan fingerprint density at radius 1 is 1.53 bits per heavy atom. The van der Waals surface area contributed by atoms with Gasteiger partial charge in [0.25, 0.3) is 0 Å². The van der Waals surface area contributed by atoms with E-state index in [9.17, 15) is 4.79 Å². The minimum atomic E-state index is -0.0492. The molecule has 15 heavy (non-hydrogen) atoms. The molecule has 3 nitrogen and oxygen atoms in total. The smallest absolute Gasteiger partial charge is 0.323 e. The molecule has 0 spiro atoms. The highest BCUT2D eigenvalue weighted by Gasteiger charge is 2.43. The predicted octanol–water partition coefficient (Wildman–Crippen LogP) is 1.81. The van der Waals surface area contributed by atoms with Crippen LogP contribution in [0, 0.1) is 5.41 Å². The molecule has 1 saturated carbocycles. The number of ether oxygens (including phenoxy) is 1. The lowest BCUT2D eigenvalue weighted by Gasteiger charge is -2.49. The summed E-state index contributed by atoms with van der Waals surface area (Å²) in [6.45, 7) is 4.44. The van der Waals surface area contributed by atoms with E-state index in [1.807, 2.05) is 0 Å². The van der Waals surface area contributed by atoms with Crippen molar-refractivity contribution in [3.63, 3.8) is 0 Å². The van der Waals surface area contributed by atoms with E-state index in [4.69, 9.17) is 4.74 Å². The van der Waals surface area contributed by atoms with Crippen LogP contribution in [0.3, 0.4) is 0 Å². The fraction of sp³-hybridized carbons (Fsp3) is 0.917. The van der Waals surface area contributed by atoms with Crippen molar-refractivity contribution in [1.29, 1.82) is 0 Å². The van der Waals surface area contributed by atoms with Crippen molar-refractivity contribution in [2.75, 3.05) is 20.2 Å². The fourth-order valence-corrected chi connectivity index (χ4v) is 2.76. The molecule has 1 unspecified atom stereocenters. The van der Waals surface area contributed by atoms with Crippen molar-refractivity contribution in [2.24, 2.45) is 5.41 Å². The second-order valence-electron chi connectivity index (χ2n) is 5.01. The zero-order valence-electron chi connectivity index (χ0n) is 9.79. The molecule has 3 heteroatoms. The number of hydrogen-bond acceptors (Lipinski definition) is 3. The summed E-state index contributed by atoms with van der Waals surface area (Å²) in [5, 5.41) is 0. The van der Waals surface area contributed by atoms with Crippen molar-refractivity contribution in [1.82, 2.24) is 4.90 Å². The van der Waals surface area contributed by atoms with Gasteiger partial charge in [0.1, 0.15) is 6.04 Å². The van der Waals surface area contributed by atoms with Crippen molar-refractivity contribution in [3.05, 3.63) is 0 Å². The summed E-state index contributed by atoms with van der Waals surface area (Å²) in [6, 6.07) is 0.0547. The maximum atomic E-state index is 11.4. The van der Waals surface area contributed by atoms with Crippen LogP contribution in [0.5, 0.6) is 0 Å². The van der Waals surface area contributed by atoms with Crippen LogP contribution < -0.4 is 0 Å². The van der Waals surface area contributed by atoms with E-state index in [-0.39, 0.29) is 12.0 Å². The van der Waals surface area contributed by atoms with E-state index in [0.29, 0.717) is 5.41 Å². The van der Waals surface area contributed by atoms with Gasteiger partial charge in [0.2, 0.25) is 0 Å². The van der Waals surface area contributed by atoms with Gasteiger partial charge in [0.05, 0.1) is 7.11 Å². The van der Waals surface area contributed by atoms with E-state index in [0.717, 1.165) is 19.5 Å². The van der Waals surface area contributed by atoms with Crippen LogP contribution in [0.25, 0.3) is 0 Å². The Bertz CT molecular complexity index is 242. The second kappa shape index (κ2) is 4.12. The molecular weight excluding hydrogens is 190 g/mol. The van der Waals surface area contributed by atoms with E-state index >= 15 is 0 Å². The van der Waals surface area contributed by atoms with Gasteiger partial charge in [-0.3, -0.25) is 9.69 Å². The zero-order chi connectivity index (χ0) is 10.9.